The Hall–Kier alpha value is -1.99. The highest BCUT2D eigenvalue weighted by atomic mass is 19.1. The maximum absolute atomic E-state index is 12.9. The molecule has 0 aliphatic carbocycles. The summed E-state index contributed by atoms with van der Waals surface area (Å²) in [5.74, 6) is 2.23. The topological polar surface area (TPSA) is 60.6 Å². The van der Waals surface area contributed by atoms with Gasteiger partial charge in [-0.25, -0.2) is 4.39 Å². The summed E-state index contributed by atoms with van der Waals surface area (Å²) in [7, 11) is 0. The first-order chi connectivity index (χ1) is 12.3. The van der Waals surface area contributed by atoms with Gasteiger partial charge in [0.1, 0.15) is 17.7 Å². The van der Waals surface area contributed by atoms with Crippen LogP contribution in [0, 0.1) is 5.82 Å². The highest BCUT2D eigenvalue weighted by Gasteiger charge is 2.27. The van der Waals surface area contributed by atoms with Gasteiger partial charge in [-0.05, 0) is 43.5 Å². The van der Waals surface area contributed by atoms with E-state index in [1.165, 1.54) is 12.1 Å². The van der Waals surface area contributed by atoms with Gasteiger partial charge in [-0.2, -0.15) is 4.98 Å². The maximum Gasteiger partial charge on any atom is 0.229 e. The lowest BCUT2D eigenvalue weighted by Crippen LogP contribution is -2.25. The average Bonchev–Trinajstić information content (AvgIpc) is 3.28. The summed E-state index contributed by atoms with van der Waals surface area (Å²) >= 11 is 0. The number of hydrogen-bond acceptors (Lipinski definition) is 6. The second kappa shape index (κ2) is 7.49. The number of hydrogen-bond donors (Lipinski definition) is 0. The van der Waals surface area contributed by atoms with Gasteiger partial charge in [0.15, 0.2) is 5.82 Å². The lowest BCUT2D eigenvalue weighted by molar-refractivity contribution is 0.0778. The van der Waals surface area contributed by atoms with E-state index in [1.54, 1.807) is 12.1 Å². The van der Waals surface area contributed by atoms with Crippen molar-refractivity contribution in [3.05, 3.63) is 41.8 Å². The Bertz CT molecular complexity index is 685. The van der Waals surface area contributed by atoms with Gasteiger partial charge < -0.3 is 14.0 Å². The van der Waals surface area contributed by atoms with Gasteiger partial charge >= 0.3 is 0 Å². The number of rotatable bonds is 5. The fourth-order valence-electron chi connectivity index (χ4n) is 3.38. The van der Waals surface area contributed by atoms with Crippen LogP contribution in [0.4, 0.5) is 4.39 Å². The van der Waals surface area contributed by atoms with E-state index < -0.39 is 0 Å². The summed E-state index contributed by atoms with van der Waals surface area (Å²) in [6.07, 6.45) is 2.92. The molecule has 0 spiro atoms. The number of benzene rings is 1. The van der Waals surface area contributed by atoms with Gasteiger partial charge in [-0.3, -0.25) is 4.90 Å². The molecule has 2 aliphatic rings. The Morgan fingerprint density at radius 1 is 1.16 bits per heavy atom. The van der Waals surface area contributed by atoms with Crippen LogP contribution in [-0.2, 0) is 11.3 Å². The van der Waals surface area contributed by atoms with Gasteiger partial charge in [-0.15, -0.1) is 0 Å². The highest BCUT2D eigenvalue weighted by molar-refractivity contribution is 5.22. The predicted octanol–water partition coefficient (Wildman–Crippen LogP) is 2.76. The molecule has 0 amide bonds. The van der Waals surface area contributed by atoms with Gasteiger partial charge in [0.2, 0.25) is 5.89 Å². The van der Waals surface area contributed by atoms with E-state index in [-0.39, 0.29) is 11.9 Å². The Balaban J connectivity index is 1.29. The van der Waals surface area contributed by atoms with Crippen LogP contribution in [-0.4, -0.2) is 47.4 Å². The normalized spacial score (nSPS) is 22.4. The predicted molar refractivity (Wildman–Crippen MR) is 87.8 cm³/mol. The summed E-state index contributed by atoms with van der Waals surface area (Å²) in [5.41, 5.74) is 0. The van der Waals surface area contributed by atoms with Crippen molar-refractivity contribution in [3.63, 3.8) is 0 Å². The van der Waals surface area contributed by atoms with E-state index >= 15 is 0 Å². The summed E-state index contributed by atoms with van der Waals surface area (Å²) in [4.78, 5) is 6.82. The van der Waals surface area contributed by atoms with E-state index in [0.29, 0.717) is 18.2 Å². The molecule has 0 saturated carbocycles. The molecule has 0 N–H and O–H groups in total. The molecule has 0 bridgehead atoms. The largest absolute Gasteiger partial charge is 0.489 e. The molecular formula is C18H22FN3O3. The third kappa shape index (κ3) is 4.16. The maximum atomic E-state index is 12.9. The summed E-state index contributed by atoms with van der Waals surface area (Å²) < 4.78 is 29.7. The first kappa shape index (κ1) is 16.5. The molecule has 3 heterocycles. The van der Waals surface area contributed by atoms with Crippen LogP contribution in [0.1, 0.15) is 36.9 Å². The van der Waals surface area contributed by atoms with E-state index in [9.17, 15) is 4.39 Å². The van der Waals surface area contributed by atoms with Crippen LogP contribution in [0.5, 0.6) is 5.75 Å². The minimum atomic E-state index is -0.252. The SMILES string of the molecule is Fc1ccc(OC2CCN(Cc3noc(C4CCOCC4)n3)C2)cc1. The van der Waals surface area contributed by atoms with Gasteiger partial charge in [0, 0.05) is 32.2 Å². The zero-order chi connectivity index (χ0) is 17.1. The van der Waals surface area contributed by atoms with Crippen molar-refractivity contribution in [2.24, 2.45) is 0 Å². The second-order valence-electron chi connectivity index (χ2n) is 6.65. The summed E-state index contributed by atoms with van der Waals surface area (Å²) in [6.45, 7) is 3.91. The first-order valence-corrected chi connectivity index (χ1v) is 8.81. The van der Waals surface area contributed by atoms with Crippen molar-refractivity contribution in [2.45, 2.75) is 37.8 Å². The number of halogens is 1. The van der Waals surface area contributed by atoms with Crippen molar-refractivity contribution in [1.82, 2.24) is 15.0 Å². The summed E-state index contributed by atoms with van der Waals surface area (Å²) in [6, 6.07) is 6.16. The first-order valence-electron chi connectivity index (χ1n) is 8.81. The van der Waals surface area contributed by atoms with Crippen LogP contribution >= 0.6 is 0 Å². The molecule has 1 atom stereocenters. The highest BCUT2D eigenvalue weighted by Crippen LogP contribution is 2.26. The van der Waals surface area contributed by atoms with E-state index in [2.05, 4.69) is 15.0 Å². The molecule has 7 heteroatoms. The molecule has 4 rings (SSSR count). The molecule has 2 aromatic rings. The van der Waals surface area contributed by atoms with Crippen molar-refractivity contribution in [1.29, 1.82) is 0 Å². The molecule has 1 aromatic heterocycles. The Labute approximate surface area is 145 Å². The quantitative estimate of drug-likeness (QED) is 0.829. The van der Waals surface area contributed by atoms with Crippen molar-refractivity contribution >= 4 is 0 Å². The Morgan fingerprint density at radius 3 is 2.76 bits per heavy atom. The van der Waals surface area contributed by atoms with E-state index in [1.807, 2.05) is 0 Å². The number of nitrogens with zero attached hydrogens (tertiary/aromatic N) is 3. The van der Waals surface area contributed by atoms with Crippen LogP contribution < -0.4 is 4.74 Å². The zero-order valence-electron chi connectivity index (χ0n) is 14.1. The van der Waals surface area contributed by atoms with Crippen molar-refractivity contribution < 1.29 is 18.4 Å². The van der Waals surface area contributed by atoms with Gasteiger partial charge in [0.25, 0.3) is 0 Å². The summed E-state index contributed by atoms with van der Waals surface area (Å²) in [5, 5.41) is 4.12. The Kier molecular flexibility index (Phi) is 4.94. The third-order valence-electron chi connectivity index (χ3n) is 4.76. The minimum Gasteiger partial charge on any atom is -0.489 e. The molecule has 2 saturated heterocycles. The van der Waals surface area contributed by atoms with E-state index in [4.69, 9.17) is 14.0 Å². The molecule has 25 heavy (non-hydrogen) atoms. The molecule has 6 nitrogen and oxygen atoms in total. The number of ether oxygens (including phenoxy) is 2. The average molecular weight is 347 g/mol. The van der Waals surface area contributed by atoms with Crippen LogP contribution in [0.3, 0.4) is 0 Å². The molecule has 134 valence electrons. The molecule has 1 aromatic carbocycles. The minimum absolute atomic E-state index is 0.104. The zero-order valence-corrected chi connectivity index (χ0v) is 14.1. The molecule has 1 unspecified atom stereocenters. The van der Waals surface area contributed by atoms with E-state index in [0.717, 1.165) is 57.3 Å². The van der Waals surface area contributed by atoms with Crippen LogP contribution in [0.15, 0.2) is 28.8 Å². The van der Waals surface area contributed by atoms with Crippen molar-refractivity contribution in [2.75, 3.05) is 26.3 Å². The third-order valence-corrected chi connectivity index (χ3v) is 4.76. The lowest BCUT2D eigenvalue weighted by Gasteiger charge is -2.18. The molecule has 0 radical (unpaired) electrons. The van der Waals surface area contributed by atoms with Gasteiger partial charge in [0.05, 0.1) is 6.54 Å². The fraction of sp³-hybridized carbons (Fsp3) is 0.556. The molecule has 2 fully saturated rings. The number of aromatic nitrogens is 2. The van der Waals surface area contributed by atoms with Crippen molar-refractivity contribution in [3.8, 4) is 5.75 Å². The monoisotopic (exact) mass is 347 g/mol. The van der Waals surface area contributed by atoms with Crippen LogP contribution in [0.2, 0.25) is 0 Å². The molecular weight excluding hydrogens is 325 g/mol. The Morgan fingerprint density at radius 2 is 1.96 bits per heavy atom. The molecule has 2 aliphatic heterocycles. The second-order valence-corrected chi connectivity index (χ2v) is 6.65. The van der Waals surface area contributed by atoms with Crippen LogP contribution in [0.25, 0.3) is 0 Å². The smallest absolute Gasteiger partial charge is 0.229 e. The lowest BCUT2D eigenvalue weighted by atomic mass is 10.0. The standard InChI is InChI=1S/C18H22FN3O3/c19-14-1-3-15(4-2-14)24-16-5-8-22(11-16)12-17-20-18(25-21-17)13-6-9-23-10-7-13/h1-4,13,16H,5-12H2. The fourth-order valence-corrected chi connectivity index (χ4v) is 3.38. The van der Waals surface area contributed by atoms with Gasteiger partial charge in [-0.1, -0.05) is 5.16 Å². The number of likely N-dealkylation sites (tertiary alicyclic amines) is 1.